The topological polar surface area (TPSA) is 55.8 Å². The lowest BCUT2D eigenvalue weighted by Gasteiger charge is -2.18. The SMILES string of the molecule is CCCCC=CCCCCCCCCC(C)c1cc(O)cc(OC)c1OC(C)=O. The molecule has 1 unspecified atom stereocenters. The van der Waals surface area contributed by atoms with Crippen molar-refractivity contribution in [2.24, 2.45) is 0 Å². The Morgan fingerprint density at radius 1 is 1.03 bits per heavy atom. The largest absolute Gasteiger partial charge is 0.508 e. The zero-order valence-electron chi connectivity index (χ0n) is 18.8. The predicted octanol–water partition coefficient (Wildman–Crippen LogP) is 7.30. The second-order valence-corrected chi connectivity index (χ2v) is 7.87. The number of carbonyl (C=O) groups excluding carboxylic acids is 1. The Hall–Kier alpha value is -1.97. The third-order valence-corrected chi connectivity index (χ3v) is 5.21. The Morgan fingerprint density at radius 3 is 2.28 bits per heavy atom. The van der Waals surface area contributed by atoms with Crippen molar-refractivity contribution < 1.29 is 19.4 Å². The van der Waals surface area contributed by atoms with Gasteiger partial charge in [0.1, 0.15) is 5.75 Å². The van der Waals surface area contributed by atoms with E-state index in [1.807, 2.05) is 0 Å². The fourth-order valence-corrected chi connectivity index (χ4v) is 3.51. The molecule has 164 valence electrons. The van der Waals surface area contributed by atoms with Gasteiger partial charge >= 0.3 is 5.97 Å². The Balaban J connectivity index is 2.34. The van der Waals surface area contributed by atoms with Crippen LogP contribution >= 0.6 is 0 Å². The van der Waals surface area contributed by atoms with E-state index in [1.165, 1.54) is 77.9 Å². The Kier molecular flexibility index (Phi) is 12.9. The number of phenolic OH excluding ortho intramolecular Hbond substituents is 1. The minimum Gasteiger partial charge on any atom is -0.508 e. The van der Waals surface area contributed by atoms with Crippen LogP contribution in [0.2, 0.25) is 0 Å². The quantitative estimate of drug-likeness (QED) is 0.144. The van der Waals surface area contributed by atoms with Crippen molar-refractivity contribution in [3.05, 3.63) is 29.8 Å². The molecule has 0 aliphatic rings. The maximum Gasteiger partial charge on any atom is 0.308 e. The van der Waals surface area contributed by atoms with Crippen LogP contribution in [0.3, 0.4) is 0 Å². The molecular weight excluding hydrogens is 364 g/mol. The molecule has 0 heterocycles. The van der Waals surface area contributed by atoms with Gasteiger partial charge in [-0.25, -0.2) is 0 Å². The summed E-state index contributed by atoms with van der Waals surface area (Å²) < 4.78 is 10.7. The lowest BCUT2D eigenvalue weighted by atomic mass is 9.93. The molecule has 1 atom stereocenters. The van der Waals surface area contributed by atoms with E-state index in [-0.39, 0.29) is 17.6 Å². The van der Waals surface area contributed by atoms with Crippen LogP contribution < -0.4 is 9.47 Å². The second-order valence-electron chi connectivity index (χ2n) is 7.87. The lowest BCUT2D eigenvalue weighted by molar-refractivity contribution is -0.132. The summed E-state index contributed by atoms with van der Waals surface area (Å²) >= 11 is 0. The van der Waals surface area contributed by atoms with Crippen LogP contribution in [0.15, 0.2) is 24.3 Å². The zero-order valence-corrected chi connectivity index (χ0v) is 18.8. The van der Waals surface area contributed by atoms with Crippen LogP contribution in [0.5, 0.6) is 17.2 Å². The first-order valence-corrected chi connectivity index (χ1v) is 11.2. The molecule has 0 fully saturated rings. The van der Waals surface area contributed by atoms with Crippen molar-refractivity contribution >= 4 is 5.97 Å². The summed E-state index contributed by atoms with van der Waals surface area (Å²) in [6, 6.07) is 3.16. The highest BCUT2D eigenvalue weighted by atomic mass is 16.6. The van der Waals surface area contributed by atoms with E-state index in [2.05, 4.69) is 26.0 Å². The molecule has 0 spiro atoms. The van der Waals surface area contributed by atoms with Gasteiger partial charge in [0.05, 0.1) is 7.11 Å². The van der Waals surface area contributed by atoms with E-state index in [0.717, 1.165) is 18.4 Å². The monoisotopic (exact) mass is 404 g/mol. The standard InChI is InChI=1S/C25H40O4/c1-5-6-7-8-9-10-11-12-13-14-15-16-17-20(2)23-18-22(27)19-24(28-4)25(23)29-21(3)26/h8-9,18-20,27H,5-7,10-17H2,1-4H3. The number of ether oxygens (including phenoxy) is 2. The second kappa shape index (κ2) is 14.9. The van der Waals surface area contributed by atoms with Crippen LogP contribution in [-0.2, 0) is 4.79 Å². The Labute approximate surface area is 177 Å². The highest BCUT2D eigenvalue weighted by molar-refractivity contribution is 5.71. The molecule has 0 aliphatic carbocycles. The van der Waals surface area contributed by atoms with E-state index >= 15 is 0 Å². The number of allylic oxidation sites excluding steroid dienone is 2. The van der Waals surface area contributed by atoms with Crippen molar-refractivity contribution in [1.82, 2.24) is 0 Å². The molecule has 0 aliphatic heterocycles. The summed E-state index contributed by atoms with van der Waals surface area (Å²) in [5.41, 5.74) is 0.826. The molecule has 1 aromatic carbocycles. The van der Waals surface area contributed by atoms with E-state index in [0.29, 0.717) is 11.5 Å². The highest BCUT2D eigenvalue weighted by Crippen LogP contribution is 2.40. The number of hydrogen-bond acceptors (Lipinski definition) is 4. The number of carbonyl (C=O) groups is 1. The van der Waals surface area contributed by atoms with Gasteiger partial charge in [0.25, 0.3) is 0 Å². The van der Waals surface area contributed by atoms with Gasteiger partial charge in [0.2, 0.25) is 0 Å². The van der Waals surface area contributed by atoms with Crippen LogP contribution in [0.4, 0.5) is 0 Å². The van der Waals surface area contributed by atoms with Crippen molar-refractivity contribution in [2.75, 3.05) is 7.11 Å². The zero-order chi connectivity index (χ0) is 21.5. The number of hydrogen-bond donors (Lipinski definition) is 1. The van der Waals surface area contributed by atoms with E-state index < -0.39 is 0 Å². The molecule has 0 amide bonds. The van der Waals surface area contributed by atoms with E-state index in [9.17, 15) is 9.90 Å². The molecule has 0 bridgehead atoms. The fraction of sp³-hybridized carbons (Fsp3) is 0.640. The molecule has 0 aromatic heterocycles. The highest BCUT2D eigenvalue weighted by Gasteiger charge is 2.19. The van der Waals surface area contributed by atoms with Gasteiger partial charge < -0.3 is 14.6 Å². The minimum atomic E-state index is -0.386. The third kappa shape index (κ3) is 10.4. The van der Waals surface area contributed by atoms with Crippen molar-refractivity contribution in [1.29, 1.82) is 0 Å². The maximum absolute atomic E-state index is 11.5. The average molecular weight is 405 g/mol. The first kappa shape index (κ1) is 25.1. The van der Waals surface area contributed by atoms with E-state index in [1.54, 1.807) is 6.07 Å². The summed E-state index contributed by atoms with van der Waals surface area (Å²) in [5.74, 6) is 0.743. The number of phenols is 1. The molecule has 1 rings (SSSR count). The van der Waals surface area contributed by atoms with Crippen LogP contribution in [0.1, 0.15) is 103 Å². The van der Waals surface area contributed by atoms with Crippen LogP contribution in [0.25, 0.3) is 0 Å². The van der Waals surface area contributed by atoms with Gasteiger partial charge in [0.15, 0.2) is 11.5 Å². The predicted molar refractivity (Wildman–Crippen MR) is 120 cm³/mol. The molecule has 4 heteroatoms. The Bertz CT molecular complexity index is 621. The molecule has 29 heavy (non-hydrogen) atoms. The Morgan fingerprint density at radius 2 is 1.66 bits per heavy atom. The van der Waals surface area contributed by atoms with Gasteiger partial charge in [-0.2, -0.15) is 0 Å². The van der Waals surface area contributed by atoms with Gasteiger partial charge in [-0.05, 0) is 37.7 Å². The first-order valence-electron chi connectivity index (χ1n) is 11.2. The lowest BCUT2D eigenvalue weighted by Crippen LogP contribution is -2.07. The van der Waals surface area contributed by atoms with Crippen molar-refractivity contribution in [3.8, 4) is 17.2 Å². The fourth-order valence-electron chi connectivity index (χ4n) is 3.51. The molecule has 0 saturated heterocycles. The molecule has 0 radical (unpaired) electrons. The van der Waals surface area contributed by atoms with Gasteiger partial charge in [-0.15, -0.1) is 0 Å². The number of rotatable bonds is 15. The molecule has 0 saturated carbocycles. The van der Waals surface area contributed by atoms with Gasteiger partial charge in [-0.3, -0.25) is 4.79 Å². The molecule has 1 aromatic rings. The number of aromatic hydroxyl groups is 1. The molecular formula is C25H40O4. The summed E-state index contributed by atoms with van der Waals surface area (Å²) in [6.45, 7) is 5.71. The van der Waals surface area contributed by atoms with Crippen molar-refractivity contribution in [3.63, 3.8) is 0 Å². The summed E-state index contributed by atoms with van der Waals surface area (Å²) in [4.78, 5) is 11.5. The number of unbranched alkanes of at least 4 members (excludes halogenated alkanes) is 8. The summed E-state index contributed by atoms with van der Waals surface area (Å²) in [7, 11) is 1.51. The minimum absolute atomic E-state index is 0.128. The third-order valence-electron chi connectivity index (χ3n) is 5.21. The van der Waals surface area contributed by atoms with Crippen LogP contribution in [-0.4, -0.2) is 18.2 Å². The first-order chi connectivity index (χ1) is 14.0. The van der Waals surface area contributed by atoms with Crippen LogP contribution in [0, 0.1) is 0 Å². The van der Waals surface area contributed by atoms with Crippen molar-refractivity contribution in [2.45, 2.75) is 97.3 Å². The smallest absolute Gasteiger partial charge is 0.308 e. The average Bonchev–Trinajstić information content (AvgIpc) is 2.69. The summed E-state index contributed by atoms with van der Waals surface area (Å²) in [5, 5.41) is 9.98. The molecule has 4 nitrogen and oxygen atoms in total. The van der Waals surface area contributed by atoms with E-state index in [4.69, 9.17) is 9.47 Å². The maximum atomic E-state index is 11.5. The van der Waals surface area contributed by atoms with Gasteiger partial charge in [0, 0.05) is 18.6 Å². The number of benzene rings is 1. The van der Waals surface area contributed by atoms with Gasteiger partial charge in [-0.1, -0.05) is 70.9 Å². The number of esters is 1. The summed E-state index contributed by atoms with van der Waals surface area (Å²) in [6.07, 6.45) is 18.1. The normalized spacial score (nSPS) is 12.3. The number of methoxy groups -OCH3 is 1. The molecule has 1 N–H and O–H groups in total.